The van der Waals surface area contributed by atoms with Crippen molar-refractivity contribution >= 4 is 11.4 Å². The number of anilines is 1. The average Bonchev–Trinajstić information content (AvgIpc) is 2.40. The minimum atomic E-state index is -0.305. The maximum absolute atomic E-state index is 11.1. The number of nitrogens with one attached hydrogen (secondary N) is 1. The van der Waals surface area contributed by atoms with Gasteiger partial charge in [-0.15, -0.1) is 0 Å². The number of nitro benzene ring substituents is 1. The Kier molecular flexibility index (Phi) is 4.95. The van der Waals surface area contributed by atoms with Crippen LogP contribution in [0.2, 0.25) is 0 Å². The van der Waals surface area contributed by atoms with Gasteiger partial charge >= 0.3 is 0 Å². The molecule has 0 saturated carbocycles. The molecular formula is C15H23N3O2. The van der Waals surface area contributed by atoms with Crippen molar-refractivity contribution in [3.05, 3.63) is 33.9 Å². The molecule has 1 fully saturated rings. The van der Waals surface area contributed by atoms with Crippen molar-refractivity contribution in [2.75, 3.05) is 25.0 Å². The second-order valence-corrected chi connectivity index (χ2v) is 5.62. The summed E-state index contributed by atoms with van der Waals surface area (Å²) < 4.78 is 0. The number of likely N-dealkylation sites (tertiary alicyclic amines) is 1. The zero-order chi connectivity index (χ0) is 14.5. The molecule has 2 rings (SSSR count). The van der Waals surface area contributed by atoms with Crippen LogP contribution in [-0.4, -0.2) is 29.5 Å². The largest absolute Gasteiger partial charge is 0.380 e. The van der Waals surface area contributed by atoms with Crippen LogP contribution in [0.25, 0.3) is 0 Å². The number of hydrogen-bond acceptors (Lipinski definition) is 4. The monoisotopic (exact) mass is 277 g/mol. The molecule has 1 aromatic carbocycles. The summed E-state index contributed by atoms with van der Waals surface area (Å²) in [6.07, 6.45) is 2.51. The molecule has 0 bridgehead atoms. The fourth-order valence-corrected chi connectivity index (χ4v) is 2.86. The van der Waals surface area contributed by atoms with Gasteiger partial charge in [-0.25, -0.2) is 0 Å². The van der Waals surface area contributed by atoms with Crippen molar-refractivity contribution in [1.82, 2.24) is 4.90 Å². The maximum Gasteiger partial charge on any atom is 0.292 e. The number of rotatable bonds is 5. The lowest BCUT2D eigenvalue weighted by Gasteiger charge is -2.30. The summed E-state index contributed by atoms with van der Waals surface area (Å²) in [4.78, 5) is 13.2. The second-order valence-electron chi connectivity index (χ2n) is 5.62. The third-order valence-corrected chi connectivity index (χ3v) is 3.77. The van der Waals surface area contributed by atoms with Gasteiger partial charge in [-0.2, -0.15) is 0 Å². The summed E-state index contributed by atoms with van der Waals surface area (Å²) >= 11 is 0. The van der Waals surface area contributed by atoms with Crippen molar-refractivity contribution in [2.45, 2.75) is 33.2 Å². The molecule has 0 spiro atoms. The minimum Gasteiger partial charge on any atom is -0.380 e. The molecule has 0 radical (unpaired) electrons. The van der Waals surface area contributed by atoms with Crippen LogP contribution >= 0.6 is 0 Å². The molecule has 1 aromatic rings. The number of nitrogens with zero attached hydrogens (tertiary/aromatic N) is 2. The van der Waals surface area contributed by atoms with Crippen molar-refractivity contribution in [3.8, 4) is 0 Å². The molecule has 1 aliphatic rings. The minimum absolute atomic E-state index is 0.175. The molecule has 0 aromatic heterocycles. The third-order valence-electron chi connectivity index (χ3n) is 3.77. The highest BCUT2D eigenvalue weighted by Gasteiger charge is 2.18. The quantitative estimate of drug-likeness (QED) is 0.663. The van der Waals surface area contributed by atoms with E-state index in [1.54, 1.807) is 6.07 Å². The van der Waals surface area contributed by atoms with Crippen molar-refractivity contribution in [1.29, 1.82) is 0 Å². The molecule has 1 unspecified atom stereocenters. The predicted octanol–water partition coefficient (Wildman–Crippen LogP) is 3.26. The molecule has 110 valence electrons. The lowest BCUT2D eigenvalue weighted by atomic mass is 9.99. The first kappa shape index (κ1) is 14.8. The average molecular weight is 277 g/mol. The highest BCUT2D eigenvalue weighted by molar-refractivity contribution is 5.62. The third kappa shape index (κ3) is 3.70. The van der Waals surface area contributed by atoms with Gasteiger partial charge < -0.3 is 5.32 Å². The Balaban J connectivity index is 2.12. The number of hydrogen-bond donors (Lipinski definition) is 1. The standard InChI is InChI=1S/C15H23N3O2/c1-3-16-14-7-6-13(9-15(14)18(19)20)11-17-8-4-5-12(2)10-17/h6-7,9,12,16H,3-5,8,10-11H2,1-2H3. The Hall–Kier alpha value is -1.62. The summed E-state index contributed by atoms with van der Waals surface area (Å²) in [5.41, 5.74) is 1.80. The van der Waals surface area contributed by atoms with Crippen LogP contribution in [0.5, 0.6) is 0 Å². The zero-order valence-electron chi connectivity index (χ0n) is 12.3. The van der Waals surface area contributed by atoms with Gasteiger partial charge in [0.2, 0.25) is 0 Å². The van der Waals surface area contributed by atoms with Gasteiger partial charge in [-0.05, 0) is 43.9 Å². The summed E-state index contributed by atoms with van der Waals surface area (Å²) in [5, 5.41) is 14.2. The van der Waals surface area contributed by atoms with Gasteiger partial charge in [0, 0.05) is 25.7 Å². The number of piperidine rings is 1. The van der Waals surface area contributed by atoms with E-state index in [9.17, 15) is 10.1 Å². The highest BCUT2D eigenvalue weighted by atomic mass is 16.6. The van der Waals surface area contributed by atoms with Gasteiger partial charge in [-0.3, -0.25) is 15.0 Å². The normalized spacial score (nSPS) is 19.8. The topological polar surface area (TPSA) is 58.4 Å². The van der Waals surface area contributed by atoms with E-state index in [1.165, 1.54) is 12.8 Å². The molecule has 1 aliphatic heterocycles. The van der Waals surface area contributed by atoms with Crippen LogP contribution in [0.3, 0.4) is 0 Å². The van der Waals surface area contributed by atoms with Crippen LogP contribution in [-0.2, 0) is 6.54 Å². The lowest BCUT2D eigenvalue weighted by Crippen LogP contribution is -2.33. The van der Waals surface area contributed by atoms with Gasteiger partial charge in [0.25, 0.3) is 5.69 Å². The number of nitro groups is 1. The Morgan fingerprint density at radius 3 is 2.95 bits per heavy atom. The van der Waals surface area contributed by atoms with Crippen LogP contribution in [0.1, 0.15) is 32.3 Å². The van der Waals surface area contributed by atoms with E-state index in [2.05, 4.69) is 17.1 Å². The SMILES string of the molecule is CCNc1ccc(CN2CCCC(C)C2)cc1[N+](=O)[O-]. The molecular weight excluding hydrogens is 254 g/mol. The Bertz CT molecular complexity index is 476. The molecule has 0 amide bonds. The maximum atomic E-state index is 11.1. The van der Waals surface area contributed by atoms with E-state index >= 15 is 0 Å². The Morgan fingerprint density at radius 2 is 2.30 bits per heavy atom. The van der Waals surface area contributed by atoms with E-state index in [0.717, 1.165) is 31.1 Å². The fraction of sp³-hybridized carbons (Fsp3) is 0.600. The molecule has 1 saturated heterocycles. The van der Waals surface area contributed by atoms with Crippen molar-refractivity contribution in [2.24, 2.45) is 5.92 Å². The molecule has 5 nitrogen and oxygen atoms in total. The summed E-state index contributed by atoms with van der Waals surface area (Å²) in [6, 6.07) is 5.52. The van der Waals surface area contributed by atoms with E-state index in [4.69, 9.17) is 0 Å². The molecule has 1 heterocycles. The Labute approximate surface area is 120 Å². The van der Waals surface area contributed by atoms with Gasteiger partial charge in [0.05, 0.1) is 4.92 Å². The van der Waals surface area contributed by atoms with E-state index in [0.29, 0.717) is 12.2 Å². The first-order chi connectivity index (χ1) is 9.60. The van der Waals surface area contributed by atoms with Crippen LogP contribution < -0.4 is 5.32 Å². The van der Waals surface area contributed by atoms with Gasteiger partial charge in [-0.1, -0.05) is 13.0 Å². The molecule has 5 heteroatoms. The molecule has 1 atom stereocenters. The molecule has 0 aliphatic carbocycles. The summed E-state index contributed by atoms with van der Waals surface area (Å²) in [6.45, 7) is 7.87. The van der Waals surface area contributed by atoms with Gasteiger partial charge in [0.1, 0.15) is 5.69 Å². The van der Waals surface area contributed by atoms with Crippen molar-refractivity contribution in [3.63, 3.8) is 0 Å². The highest BCUT2D eigenvalue weighted by Crippen LogP contribution is 2.27. The van der Waals surface area contributed by atoms with E-state index < -0.39 is 0 Å². The van der Waals surface area contributed by atoms with E-state index in [-0.39, 0.29) is 10.6 Å². The number of benzene rings is 1. The zero-order valence-corrected chi connectivity index (χ0v) is 12.3. The first-order valence-corrected chi connectivity index (χ1v) is 7.33. The smallest absolute Gasteiger partial charge is 0.292 e. The summed E-state index contributed by atoms with van der Waals surface area (Å²) in [7, 11) is 0. The summed E-state index contributed by atoms with van der Waals surface area (Å²) in [5.74, 6) is 0.722. The van der Waals surface area contributed by atoms with Crippen LogP contribution in [0.4, 0.5) is 11.4 Å². The molecule has 1 N–H and O–H groups in total. The van der Waals surface area contributed by atoms with Gasteiger partial charge in [0.15, 0.2) is 0 Å². The van der Waals surface area contributed by atoms with Crippen LogP contribution in [0, 0.1) is 16.0 Å². The lowest BCUT2D eigenvalue weighted by molar-refractivity contribution is -0.384. The van der Waals surface area contributed by atoms with Crippen molar-refractivity contribution < 1.29 is 4.92 Å². The fourth-order valence-electron chi connectivity index (χ4n) is 2.86. The first-order valence-electron chi connectivity index (χ1n) is 7.33. The second kappa shape index (κ2) is 6.70. The van der Waals surface area contributed by atoms with E-state index in [1.807, 2.05) is 19.1 Å². The van der Waals surface area contributed by atoms with Crippen LogP contribution in [0.15, 0.2) is 18.2 Å². The Morgan fingerprint density at radius 1 is 1.50 bits per heavy atom. The molecule has 20 heavy (non-hydrogen) atoms. The predicted molar refractivity (Wildman–Crippen MR) is 80.9 cm³/mol.